The minimum atomic E-state index is -0.408. The van der Waals surface area contributed by atoms with Gasteiger partial charge in [-0.3, -0.25) is 9.78 Å². The van der Waals surface area contributed by atoms with E-state index in [1.807, 2.05) is 31.2 Å². The number of H-pyrrole nitrogens is 2. The Kier molecular flexibility index (Phi) is 5.35. The zero-order valence-corrected chi connectivity index (χ0v) is 12.8. The zero-order chi connectivity index (χ0) is 15.9. The van der Waals surface area contributed by atoms with E-state index in [4.69, 9.17) is 4.74 Å². The Morgan fingerprint density at radius 3 is 2.77 bits per heavy atom. The minimum Gasteiger partial charge on any atom is -0.496 e. The van der Waals surface area contributed by atoms with Gasteiger partial charge in [0.1, 0.15) is 11.6 Å². The number of nitrogens with zero attached hydrogens (tertiary/aromatic N) is 2. The normalized spacial score (nSPS) is 10.5. The summed E-state index contributed by atoms with van der Waals surface area (Å²) in [5, 5.41) is 6.03. The zero-order valence-electron chi connectivity index (χ0n) is 12.8. The van der Waals surface area contributed by atoms with Crippen LogP contribution in [-0.2, 0) is 17.8 Å². The van der Waals surface area contributed by atoms with Gasteiger partial charge in [0.25, 0.3) is 0 Å². The van der Waals surface area contributed by atoms with Gasteiger partial charge in [-0.2, -0.15) is 5.10 Å². The molecule has 0 radical (unpaired) electrons. The van der Waals surface area contributed by atoms with Crippen LogP contribution in [-0.4, -0.2) is 39.6 Å². The first-order valence-corrected chi connectivity index (χ1v) is 7.17. The fourth-order valence-electron chi connectivity index (χ4n) is 2.25. The van der Waals surface area contributed by atoms with Crippen molar-refractivity contribution in [1.82, 2.24) is 20.1 Å². The van der Waals surface area contributed by atoms with Gasteiger partial charge in [0, 0.05) is 18.7 Å². The Morgan fingerprint density at radius 2 is 2.14 bits per heavy atom. The van der Waals surface area contributed by atoms with Crippen molar-refractivity contribution < 1.29 is 9.53 Å². The molecule has 7 nitrogen and oxygen atoms in total. The summed E-state index contributed by atoms with van der Waals surface area (Å²) in [6.07, 6.45) is 0.909. The number of rotatable bonds is 7. The van der Waals surface area contributed by atoms with Crippen molar-refractivity contribution >= 4 is 5.91 Å². The van der Waals surface area contributed by atoms with Crippen molar-refractivity contribution in [2.24, 2.45) is 0 Å². The summed E-state index contributed by atoms with van der Waals surface area (Å²) in [7, 11) is 1.61. The lowest BCUT2D eigenvalue weighted by atomic mass is 10.1. The van der Waals surface area contributed by atoms with Gasteiger partial charge in [0.2, 0.25) is 5.91 Å². The summed E-state index contributed by atoms with van der Waals surface area (Å²) >= 11 is 0. The fourth-order valence-corrected chi connectivity index (χ4v) is 2.25. The molecular weight excluding hydrogens is 284 g/mol. The molecule has 118 valence electrons. The summed E-state index contributed by atoms with van der Waals surface area (Å²) in [5.74, 6) is 1.01. The van der Waals surface area contributed by atoms with Crippen LogP contribution in [0, 0.1) is 0 Å². The topological polar surface area (TPSA) is 91.1 Å². The average Bonchev–Trinajstić information content (AvgIpc) is 2.92. The van der Waals surface area contributed by atoms with Crippen LogP contribution in [0.15, 0.2) is 29.1 Å². The average molecular weight is 304 g/mol. The highest BCUT2D eigenvalue weighted by molar-refractivity contribution is 5.78. The molecule has 0 aliphatic rings. The van der Waals surface area contributed by atoms with Crippen molar-refractivity contribution in [3.05, 3.63) is 46.1 Å². The van der Waals surface area contributed by atoms with Crippen LogP contribution in [0.5, 0.6) is 5.75 Å². The number of para-hydroxylation sites is 1. The van der Waals surface area contributed by atoms with Crippen LogP contribution in [0.25, 0.3) is 0 Å². The molecule has 1 amide bonds. The van der Waals surface area contributed by atoms with Gasteiger partial charge in [-0.05, 0) is 12.5 Å². The standard InChI is InChI=1S/C15H20N4O3/c1-3-8-19(10-11-6-4-5-7-12(11)22-2)14(20)9-13-16-15(21)18-17-13/h4-7H,3,8-10H2,1-2H3,(H2,16,17,18,21). The molecule has 1 heterocycles. The monoisotopic (exact) mass is 304 g/mol. The number of aromatic nitrogens is 3. The molecule has 1 aromatic heterocycles. The number of amides is 1. The number of benzene rings is 1. The maximum Gasteiger partial charge on any atom is 0.340 e. The second kappa shape index (κ2) is 7.44. The maximum absolute atomic E-state index is 12.4. The molecule has 0 aliphatic carbocycles. The number of carbonyl (C=O) groups excluding carboxylic acids is 1. The van der Waals surface area contributed by atoms with E-state index in [0.717, 1.165) is 17.7 Å². The third kappa shape index (κ3) is 3.97. The Hall–Kier alpha value is -2.57. The molecule has 22 heavy (non-hydrogen) atoms. The van der Waals surface area contributed by atoms with E-state index in [-0.39, 0.29) is 12.3 Å². The molecule has 0 unspecified atom stereocenters. The van der Waals surface area contributed by atoms with Gasteiger partial charge in [0.15, 0.2) is 0 Å². The fraction of sp³-hybridized carbons (Fsp3) is 0.400. The Morgan fingerprint density at radius 1 is 1.36 bits per heavy atom. The van der Waals surface area contributed by atoms with Gasteiger partial charge in [0.05, 0.1) is 13.5 Å². The predicted molar refractivity (Wildman–Crippen MR) is 81.6 cm³/mol. The summed E-state index contributed by atoms with van der Waals surface area (Å²) < 4.78 is 5.32. The van der Waals surface area contributed by atoms with E-state index in [9.17, 15) is 9.59 Å². The van der Waals surface area contributed by atoms with E-state index < -0.39 is 5.69 Å². The first-order chi connectivity index (χ1) is 10.6. The minimum absolute atomic E-state index is 0.0634. The van der Waals surface area contributed by atoms with Gasteiger partial charge >= 0.3 is 5.69 Å². The number of aromatic amines is 2. The molecular formula is C15H20N4O3. The Bertz CT molecular complexity index is 677. The first kappa shape index (κ1) is 15.8. The molecule has 2 rings (SSSR count). The molecule has 1 aromatic carbocycles. The van der Waals surface area contributed by atoms with Crippen LogP contribution in [0.2, 0.25) is 0 Å². The van der Waals surface area contributed by atoms with E-state index in [1.54, 1.807) is 12.0 Å². The number of hydrogen-bond acceptors (Lipinski definition) is 4. The quantitative estimate of drug-likeness (QED) is 0.801. The molecule has 0 aliphatic heterocycles. The molecule has 0 saturated carbocycles. The van der Waals surface area contributed by atoms with Crippen LogP contribution in [0.1, 0.15) is 24.7 Å². The summed E-state index contributed by atoms with van der Waals surface area (Å²) in [5.41, 5.74) is 0.539. The molecule has 0 fully saturated rings. The Balaban J connectivity index is 2.11. The highest BCUT2D eigenvalue weighted by Crippen LogP contribution is 2.19. The van der Waals surface area contributed by atoms with Gasteiger partial charge in [-0.1, -0.05) is 25.1 Å². The van der Waals surface area contributed by atoms with Crippen molar-refractivity contribution in [2.75, 3.05) is 13.7 Å². The smallest absolute Gasteiger partial charge is 0.340 e. The lowest BCUT2D eigenvalue weighted by Gasteiger charge is -2.23. The summed E-state index contributed by atoms with van der Waals surface area (Å²) in [6, 6.07) is 7.61. The maximum atomic E-state index is 12.4. The highest BCUT2D eigenvalue weighted by Gasteiger charge is 2.17. The first-order valence-electron chi connectivity index (χ1n) is 7.17. The van der Waals surface area contributed by atoms with Crippen molar-refractivity contribution in [3.63, 3.8) is 0 Å². The van der Waals surface area contributed by atoms with Crippen molar-refractivity contribution in [2.45, 2.75) is 26.3 Å². The third-order valence-electron chi connectivity index (χ3n) is 3.27. The van der Waals surface area contributed by atoms with E-state index in [2.05, 4.69) is 15.2 Å². The highest BCUT2D eigenvalue weighted by atomic mass is 16.5. The molecule has 0 spiro atoms. The van der Waals surface area contributed by atoms with Crippen molar-refractivity contribution in [3.8, 4) is 5.75 Å². The lowest BCUT2D eigenvalue weighted by Crippen LogP contribution is -2.33. The number of methoxy groups -OCH3 is 1. The molecule has 0 atom stereocenters. The number of hydrogen-bond donors (Lipinski definition) is 2. The van der Waals surface area contributed by atoms with E-state index >= 15 is 0 Å². The van der Waals surface area contributed by atoms with Crippen LogP contribution in [0.4, 0.5) is 0 Å². The molecule has 2 aromatic rings. The lowest BCUT2D eigenvalue weighted by molar-refractivity contribution is -0.131. The Labute approximate surface area is 128 Å². The van der Waals surface area contributed by atoms with Crippen LogP contribution < -0.4 is 10.4 Å². The van der Waals surface area contributed by atoms with E-state index in [0.29, 0.717) is 18.9 Å². The van der Waals surface area contributed by atoms with Crippen LogP contribution >= 0.6 is 0 Å². The molecule has 2 N–H and O–H groups in total. The van der Waals surface area contributed by atoms with Gasteiger partial charge < -0.3 is 9.64 Å². The molecule has 0 bridgehead atoms. The molecule has 7 heteroatoms. The summed E-state index contributed by atoms with van der Waals surface area (Å²) in [4.78, 5) is 27.7. The van der Waals surface area contributed by atoms with Crippen LogP contribution in [0.3, 0.4) is 0 Å². The predicted octanol–water partition coefficient (Wildman–Crippen LogP) is 1.09. The van der Waals surface area contributed by atoms with E-state index in [1.165, 1.54) is 0 Å². The number of carbonyl (C=O) groups is 1. The largest absolute Gasteiger partial charge is 0.496 e. The van der Waals surface area contributed by atoms with Crippen molar-refractivity contribution in [1.29, 1.82) is 0 Å². The SMILES string of the molecule is CCCN(Cc1ccccc1OC)C(=O)Cc1n[nH]c(=O)[nH]1. The van der Waals surface area contributed by atoms with Gasteiger partial charge in [-0.25, -0.2) is 9.89 Å². The second-order valence-electron chi connectivity index (χ2n) is 4.93. The third-order valence-corrected chi connectivity index (χ3v) is 3.27. The van der Waals surface area contributed by atoms with Gasteiger partial charge in [-0.15, -0.1) is 0 Å². The number of nitrogens with one attached hydrogen (secondary N) is 2. The second-order valence-corrected chi connectivity index (χ2v) is 4.93. The molecule has 0 saturated heterocycles. The number of ether oxygens (including phenoxy) is 1. The summed E-state index contributed by atoms with van der Waals surface area (Å²) in [6.45, 7) is 3.11.